The number of amidine groups is 1. The summed E-state index contributed by atoms with van der Waals surface area (Å²) in [5, 5.41) is 5.23. The fraction of sp³-hybridized carbons (Fsp3) is 0.231. The van der Waals surface area contributed by atoms with E-state index in [-0.39, 0.29) is 0 Å². The van der Waals surface area contributed by atoms with E-state index in [2.05, 4.69) is 26.7 Å². The monoisotopic (exact) mass is 273 g/mol. The highest BCUT2D eigenvalue weighted by atomic mass is 32.1. The van der Waals surface area contributed by atoms with E-state index in [0.717, 1.165) is 12.0 Å². The highest BCUT2D eigenvalue weighted by molar-refractivity contribution is 7.09. The first-order chi connectivity index (χ1) is 9.16. The molecule has 0 fully saturated rings. The Bertz CT molecular complexity index is 607. The summed E-state index contributed by atoms with van der Waals surface area (Å²) < 4.78 is 0. The molecule has 0 aliphatic carbocycles. The zero-order valence-corrected chi connectivity index (χ0v) is 11.2. The van der Waals surface area contributed by atoms with Crippen LogP contribution in [0, 0.1) is 0 Å². The lowest BCUT2D eigenvalue weighted by atomic mass is 10.1. The molecule has 1 atom stereocenters. The molecular weight excluding hydrogens is 258 g/mol. The lowest BCUT2D eigenvalue weighted by Crippen LogP contribution is -2.50. The van der Waals surface area contributed by atoms with Gasteiger partial charge in [0, 0.05) is 17.5 Å². The molecule has 0 aromatic carbocycles. The third kappa shape index (κ3) is 2.45. The number of aryl methyl sites for hydroxylation is 1. The molecule has 3 rings (SSSR count). The van der Waals surface area contributed by atoms with Crippen molar-refractivity contribution >= 4 is 23.0 Å². The summed E-state index contributed by atoms with van der Waals surface area (Å²) >= 11 is 1.72. The van der Waals surface area contributed by atoms with Gasteiger partial charge >= 0.3 is 0 Å². The van der Waals surface area contributed by atoms with Crippen molar-refractivity contribution in [3.05, 3.63) is 46.3 Å². The summed E-state index contributed by atoms with van der Waals surface area (Å²) in [6.45, 7) is 0. The molecule has 6 heteroatoms. The Hall–Kier alpha value is -1.92. The van der Waals surface area contributed by atoms with Gasteiger partial charge in [0.05, 0.1) is 5.56 Å². The van der Waals surface area contributed by atoms with Crippen LogP contribution in [-0.2, 0) is 6.42 Å². The Morgan fingerprint density at radius 3 is 3.00 bits per heavy atom. The zero-order valence-electron chi connectivity index (χ0n) is 10.3. The van der Waals surface area contributed by atoms with Crippen LogP contribution in [-0.4, -0.2) is 16.6 Å². The number of hydrogen-bond acceptors (Lipinski definition) is 6. The summed E-state index contributed by atoms with van der Waals surface area (Å²) in [6.07, 6.45) is 3.24. The fourth-order valence-corrected chi connectivity index (χ4v) is 2.82. The van der Waals surface area contributed by atoms with Crippen LogP contribution in [0.2, 0.25) is 0 Å². The zero-order chi connectivity index (χ0) is 13.3. The first-order valence-electron chi connectivity index (χ1n) is 6.06. The van der Waals surface area contributed by atoms with Gasteiger partial charge in [-0.15, -0.1) is 11.3 Å². The Kier molecular flexibility index (Phi) is 2.96. The van der Waals surface area contributed by atoms with E-state index in [1.54, 1.807) is 17.5 Å². The molecule has 1 aliphatic heterocycles. The standard InChI is InChI=1S/C13H15N5S/c14-11-10-4-1-7-16-12(10)18-13(15,17-11)6-5-9-3-2-8-19-9/h1-4,7-8H,5-6,15H2,(H2,14,17)(H,16,18). The molecule has 5 N–H and O–H groups in total. The summed E-state index contributed by atoms with van der Waals surface area (Å²) in [4.78, 5) is 9.93. The van der Waals surface area contributed by atoms with Crippen molar-refractivity contribution in [1.29, 1.82) is 0 Å². The minimum atomic E-state index is -0.880. The van der Waals surface area contributed by atoms with E-state index >= 15 is 0 Å². The molecule has 0 saturated carbocycles. The van der Waals surface area contributed by atoms with Gasteiger partial charge in [0.15, 0.2) is 5.79 Å². The number of aliphatic imine (C=N–C) groups is 1. The lowest BCUT2D eigenvalue weighted by molar-refractivity contribution is 0.465. The third-order valence-corrected chi connectivity index (χ3v) is 4.01. The predicted molar refractivity (Wildman–Crippen MR) is 78.1 cm³/mol. The number of hydrogen-bond donors (Lipinski definition) is 3. The second-order valence-electron chi connectivity index (χ2n) is 4.53. The average Bonchev–Trinajstić information content (AvgIpc) is 2.89. The molecule has 98 valence electrons. The number of pyridine rings is 1. The van der Waals surface area contributed by atoms with E-state index in [0.29, 0.717) is 18.1 Å². The molecule has 5 nitrogen and oxygen atoms in total. The van der Waals surface area contributed by atoms with Crippen LogP contribution < -0.4 is 16.8 Å². The third-order valence-electron chi connectivity index (χ3n) is 3.07. The molecule has 2 aromatic heterocycles. The summed E-state index contributed by atoms with van der Waals surface area (Å²) in [7, 11) is 0. The van der Waals surface area contributed by atoms with E-state index in [4.69, 9.17) is 11.5 Å². The van der Waals surface area contributed by atoms with Gasteiger partial charge in [0.25, 0.3) is 0 Å². The van der Waals surface area contributed by atoms with Gasteiger partial charge in [-0.25, -0.2) is 9.98 Å². The maximum atomic E-state index is 6.27. The van der Waals surface area contributed by atoms with Gasteiger partial charge in [0.1, 0.15) is 11.7 Å². The number of nitrogens with zero attached hydrogens (tertiary/aromatic N) is 2. The minimum absolute atomic E-state index is 0.440. The van der Waals surface area contributed by atoms with Gasteiger partial charge in [-0.1, -0.05) is 6.07 Å². The molecule has 1 unspecified atom stereocenters. The van der Waals surface area contributed by atoms with Crippen molar-refractivity contribution in [1.82, 2.24) is 4.98 Å². The predicted octanol–water partition coefficient (Wildman–Crippen LogP) is 1.52. The van der Waals surface area contributed by atoms with Crippen LogP contribution in [0.4, 0.5) is 5.82 Å². The van der Waals surface area contributed by atoms with Crippen molar-refractivity contribution in [3.8, 4) is 0 Å². The fourth-order valence-electron chi connectivity index (χ4n) is 2.11. The SMILES string of the molecule is NC1=NC(N)(CCc2cccs2)Nc2ncccc21. The minimum Gasteiger partial charge on any atom is -0.383 e. The molecular formula is C13H15N5S. The molecule has 0 amide bonds. The molecule has 0 radical (unpaired) electrons. The van der Waals surface area contributed by atoms with E-state index in [1.807, 2.05) is 18.2 Å². The van der Waals surface area contributed by atoms with Crippen molar-refractivity contribution in [3.63, 3.8) is 0 Å². The van der Waals surface area contributed by atoms with Crippen LogP contribution >= 0.6 is 11.3 Å². The smallest absolute Gasteiger partial charge is 0.186 e. The largest absolute Gasteiger partial charge is 0.383 e. The first-order valence-corrected chi connectivity index (χ1v) is 6.94. The summed E-state index contributed by atoms with van der Waals surface area (Å²) in [6, 6.07) is 7.84. The molecule has 1 aliphatic rings. The van der Waals surface area contributed by atoms with Gasteiger partial charge < -0.3 is 11.1 Å². The van der Waals surface area contributed by atoms with E-state index in [1.165, 1.54) is 4.88 Å². The van der Waals surface area contributed by atoms with Gasteiger partial charge in [0.2, 0.25) is 0 Å². The van der Waals surface area contributed by atoms with Crippen molar-refractivity contribution in [2.24, 2.45) is 16.5 Å². The maximum absolute atomic E-state index is 6.27. The normalized spacial score (nSPS) is 21.4. The Balaban J connectivity index is 1.81. The maximum Gasteiger partial charge on any atom is 0.186 e. The van der Waals surface area contributed by atoms with Crippen molar-refractivity contribution < 1.29 is 0 Å². The Morgan fingerprint density at radius 1 is 1.32 bits per heavy atom. The van der Waals surface area contributed by atoms with Crippen LogP contribution in [0.15, 0.2) is 40.8 Å². The van der Waals surface area contributed by atoms with Gasteiger partial charge in [-0.05, 0) is 30.0 Å². The Morgan fingerprint density at radius 2 is 2.21 bits per heavy atom. The van der Waals surface area contributed by atoms with Crippen molar-refractivity contribution in [2.45, 2.75) is 18.6 Å². The summed E-state index contributed by atoms with van der Waals surface area (Å²) in [5.41, 5.74) is 13.0. The molecule has 19 heavy (non-hydrogen) atoms. The summed E-state index contributed by atoms with van der Waals surface area (Å²) in [5.74, 6) is 0.259. The second-order valence-corrected chi connectivity index (χ2v) is 5.56. The number of rotatable bonds is 3. The quantitative estimate of drug-likeness (QED) is 0.791. The molecule has 0 saturated heterocycles. The van der Waals surface area contributed by atoms with Crippen LogP contribution in [0.25, 0.3) is 0 Å². The van der Waals surface area contributed by atoms with Gasteiger partial charge in [-0.3, -0.25) is 5.73 Å². The molecule has 0 spiro atoms. The number of nitrogens with one attached hydrogen (secondary N) is 1. The first kappa shape index (κ1) is 12.1. The number of thiophene rings is 1. The topological polar surface area (TPSA) is 89.3 Å². The lowest BCUT2D eigenvalue weighted by Gasteiger charge is -2.32. The number of aromatic nitrogens is 1. The van der Waals surface area contributed by atoms with E-state index in [9.17, 15) is 0 Å². The number of anilines is 1. The average molecular weight is 273 g/mol. The second kappa shape index (κ2) is 4.64. The van der Waals surface area contributed by atoms with Gasteiger partial charge in [-0.2, -0.15) is 0 Å². The number of nitrogens with two attached hydrogens (primary N) is 2. The highest BCUT2D eigenvalue weighted by Gasteiger charge is 2.30. The molecule has 2 aromatic rings. The molecule has 0 bridgehead atoms. The van der Waals surface area contributed by atoms with Crippen LogP contribution in [0.3, 0.4) is 0 Å². The van der Waals surface area contributed by atoms with Crippen LogP contribution in [0.5, 0.6) is 0 Å². The highest BCUT2D eigenvalue weighted by Crippen LogP contribution is 2.25. The Labute approximate surface area is 115 Å². The number of fused-ring (bicyclic) bond motifs is 1. The molecule has 3 heterocycles. The van der Waals surface area contributed by atoms with Crippen LogP contribution in [0.1, 0.15) is 16.9 Å². The van der Waals surface area contributed by atoms with Crippen molar-refractivity contribution in [2.75, 3.05) is 5.32 Å². The van der Waals surface area contributed by atoms with E-state index < -0.39 is 5.79 Å².